The number of imidazole rings is 1. The zero-order chi connectivity index (χ0) is 19.9. The number of rotatable bonds is 7. The second-order valence-corrected chi connectivity index (χ2v) is 6.50. The zero-order valence-corrected chi connectivity index (χ0v) is 16.6. The Labute approximate surface area is 165 Å². The Balaban J connectivity index is 1.71. The zero-order valence-electron chi connectivity index (χ0n) is 16.6. The lowest BCUT2D eigenvalue weighted by atomic mass is 10.2. The van der Waals surface area contributed by atoms with Gasteiger partial charge in [0.15, 0.2) is 11.8 Å². The molecule has 3 rings (SSSR count). The molecule has 0 spiro atoms. The van der Waals surface area contributed by atoms with Crippen LogP contribution in [0.4, 0.5) is 0 Å². The first-order valence-electron chi connectivity index (χ1n) is 9.13. The molecule has 3 aromatic rings. The fraction of sp³-hybridized carbons (Fsp3) is 0.300. The standard InChI is InChI=1S/C20H26N8/c1-5-11-21-20(23-13-19-26-25-15(2)28(19)4)27(3)14-18-22-12-17(24-18)16-9-7-6-8-10-16/h5-10,12H,1,11,13-14H2,2-4H3,(H,21,23)(H,22,24). The van der Waals surface area contributed by atoms with Crippen molar-refractivity contribution >= 4 is 5.96 Å². The summed E-state index contributed by atoms with van der Waals surface area (Å²) in [6, 6.07) is 10.1. The first kappa shape index (κ1) is 19.3. The van der Waals surface area contributed by atoms with Gasteiger partial charge in [-0.2, -0.15) is 0 Å². The molecule has 2 aromatic heterocycles. The molecule has 0 saturated carbocycles. The van der Waals surface area contributed by atoms with Gasteiger partial charge in [0.2, 0.25) is 0 Å². The monoisotopic (exact) mass is 378 g/mol. The van der Waals surface area contributed by atoms with Gasteiger partial charge < -0.3 is 19.8 Å². The summed E-state index contributed by atoms with van der Waals surface area (Å²) < 4.78 is 1.94. The molecule has 8 heteroatoms. The van der Waals surface area contributed by atoms with E-state index >= 15 is 0 Å². The minimum Gasteiger partial charge on any atom is -0.353 e. The van der Waals surface area contributed by atoms with Crippen LogP contribution in [0.2, 0.25) is 0 Å². The molecule has 0 atom stereocenters. The Morgan fingerprint density at radius 3 is 2.79 bits per heavy atom. The van der Waals surface area contributed by atoms with E-state index in [1.807, 2.05) is 54.9 Å². The van der Waals surface area contributed by atoms with Gasteiger partial charge in [-0.05, 0) is 12.5 Å². The van der Waals surface area contributed by atoms with Crippen molar-refractivity contribution in [3.8, 4) is 11.3 Å². The van der Waals surface area contributed by atoms with Crippen molar-refractivity contribution in [3.05, 3.63) is 66.7 Å². The van der Waals surface area contributed by atoms with Crippen LogP contribution in [-0.2, 0) is 20.1 Å². The van der Waals surface area contributed by atoms with Gasteiger partial charge >= 0.3 is 0 Å². The predicted molar refractivity (Wildman–Crippen MR) is 111 cm³/mol. The largest absolute Gasteiger partial charge is 0.353 e. The molecule has 0 bridgehead atoms. The number of nitrogens with one attached hydrogen (secondary N) is 2. The van der Waals surface area contributed by atoms with Gasteiger partial charge in [-0.1, -0.05) is 36.4 Å². The molecule has 0 saturated heterocycles. The molecular formula is C20H26N8. The Kier molecular flexibility index (Phi) is 6.21. The number of aryl methyl sites for hydroxylation is 1. The Morgan fingerprint density at radius 2 is 2.11 bits per heavy atom. The second kappa shape index (κ2) is 8.98. The Morgan fingerprint density at radius 1 is 1.32 bits per heavy atom. The average Bonchev–Trinajstić information content (AvgIpc) is 3.30. The minimum absolute atomic E-state index is 0.439. The molecule has 0 fully saturated rings. The van der Waals surface area contributed by atoms with Crippen LogP contribution in [0.5, 0.6) is 0 Å². The van der Waals surface area contributed by atoms with Crippen molar-refractivity contribution < 1.29 is 0 Å². The highest BCUT2D eigenvalue weighted by molar-refractivity contribution is 5.79. The van der Waals surface area contributed by atoms with Crippen LogP contribution in [0.25, 0.3) is 11.3 Å². The van der Waals surface area contributed by atoms with E-state index in [9.17, 15) is 0 Å². The third-order valence-electron chi connectivity index (χ3n) is 4.42. The van der Waals surface area contributed by atoms with Crippen LogP contribution < -0.4 is 5.32 Å². The Hall–Kier alpha value is -3.42. The molecule has 0 radical (unpaired) electrons. The molecule has 0 aliphatic rings. The lowest BCUT2D eigenvalue weighted by Crippen LogP contribution is -2.39. The molecule has 2 N–H and O–H groups in total. The predicted octanol–water partition coefficient (Wildman–Crippen LogP) is 2.28. The van der Waals surface area contributed by atoms with Gasteiger partial charge in [0.25, 0.3) is 0 Å². The van der Waals surface area contributed by atoms with E-state index in [0.29, 0.717) is 19.6 Å². The summed E-state index contributed by atoms with van der Waals surface area (Å²) in [6.07, 6.45) is 3.66. The number of guanidine groups is 1. The lowest BCUT2D eigenvalue weighted by Gasteiger charge is -2.21. The van der Waals surface area contributed by atoms with E-state index in [2.05, 4.69) is 49.2 Å². The fourth-order valence-electron chi connectivity index (χ4n) is 2.72. The van der Waals surface area contributed by atoms with Crippen LogP contribution in [0.15, 0.2) is 54.2 Å². The number of H-pyrrole nitrogens is 1. The van der Waals surface area contributed by atoms with E-state index in [1.54, 1.807) is 6.08 Å². The third-order valence-corrected chi connectivity index (χ3v) is 4.42. The number of nitrogens with zero attached hydrogens (tertiary/aromatic N) is 6. The summed E-state index contributed by atoms with van der Waals surface area (Å²) in [7, 11) is 3.91. The maximum absolute atomic E-state index is 4.69. The fourth-order valence-corrected chi connectivity index (χ4v) is 2.72. The first-order valence-corrected chi connectivity index (χ1v) is 9.13. The smallest absolute Gasteiger partial charge is 0.194 e. The Bertz CT molecular complexity index is 938. The second-order valence-electron chi connectivity index (χ2n) is 6.50. The number of hydrogen-bond donors (Lipinski definition) is 2. The summed E-state index contributed by atoms with van der Waals surface area (Å²) in [5, 5.41) is 11.5. The van der Waals surface area contributed by atoms with Crippen LogP contribution in [0.3, 0.4) is 0 Å². The summed E-state index contributed by atoms with van der Waals surface area (Å²) >= 11 is 0. The van der Waals surface area contributed by atoms with Gasteiger partial charge in [-0.15, -0.1) is 16.8 Å². The molecule has 0 aliphatic heterocycles. The van der Waals surface area contributed by atoms with Gasteiger partial charge in [-0.25, -0.2) is 9.98 Å². The van der Waals surface area contributed by atoms with E-state index in [0.717, 1.165) is 34.7 Å². The van der Waals surface area contributed by atoms with Crippen molar-refractivity contribution in [2.75, 3.05) is 13.6 Å². The number of aromatic amines is 1. The number of benzene rings is 1. The van der Waals surface area contributed by atoms with Gasteiger partial charge in [0.05, 0.1) is 18.4 Å². The van der Waals surface area contributed by atoms with E-state index in [1.165, 1.54) is 0 Å². The molecule has 28 heavy (non-hydrogen) atoms. The highest BCUT2D eigenvalue weighted by Gasteiger charge is 2.11. The summed E-state index contributed by atoms with van der Waals surface area (Å²) in [4.78, 5) is 14.6. The molecule has 0 unspecified atom stereocenters. The van der Waals surface area contributed by atoms with Crippen molar-refractivity contribution in [3.63, 3.8) is 0 Å². The van der Waals surface area contributed by atoms with Crippen LogP contribution in [0.1, 0.15) is 17.5 Å². The molecule has 0 amide bonds. The molecule has 1 aromatic carbocycles. The highest BCUT2D eigenvalue weighted by Crippen LogP contribution is 2.16. The molecular weight excluding hydrogens is 352 g/mol. The van der Waals surface area contributed by atoms with E-state index in [4.69, 9.17) is 0 Å². The molecule has 2 heterocycles. The van der Waals surface area contributed by atoms with Gasteiger partial charge in [0.1, 0.15) is 18.2 Å². The van der Waals surface area contributed by atoms with Gasteiger partial charge in [-0.3, -0.25) is 0 Å². The maximum Gasteiger partial charge on any atom is 0.194 e. The molecule has 0 aliphatic carbocycles. The quantitative estimate of drug-likeness (QED) is 0.374. The summed E-state index contributed by atoms with van der Waals surface area (Å²) in [6.45, 7) is 7.34. The molecule has 8 nitrogen and oxygen atoms in total. The maximum atomic E-state index is 4.69. The highest BCUT2D eigenvalue weighted by atomic mass is 15.3. The average molecular weight is 378 g/mol. The minimum atomic E-state index is 0.439. The summed E-state index contributed by atoms with van der Waals surface area (Å²) in [5.74, 6) is 3.29. The SMILES string of the molecule is C=CCNC(=NCc1nnc(C)n1C)N(C)Cc1ncc(-c2ccccc2)[nH]1. The van der Waals surface area contributed by atoms with Crippen molar-refractivity contribution in [1.82, 2.24) is 34.9 Å². The lowest BCUT2D eigenvalue weighted by molar-refractivity contribution is 0.464. The normalized spacial score (nSPS) is 11.5. The van der Waals surface area contributed by atoms with Crippen LogP contribution in [0, 0.1) is 6.92 Å². The number of aromatic nitrogens is 5. The van der Waals surface area contributed by atoms with Crippen molar-refractivity contribution in [2.45, 2.75) is 20.0 Å². The van der Waals surface area contributed by atoms with Gasteiger partial charge in [0, 0.05) is 20.6 Å². The van der Waals surface area contributed by atoms with Crippen molar-refractivity contribution in [1.29, 1.82) is 0 Å². The van der Waals surface area contributed by atoms with Crippen molar-refractivity contribution in [2.24, 2.45) is 12.0 Å². The summed E-state index contributed by atoms with van der Waals surface area (Å²) in [5.41, 5.74) is 2.11. The topological polar surface area (TPSA) is 87.0 Å². The first-order chi connectivity index (χ1) is 13.6. The molecule has 146 valence electrons. The third kappa shape index (κ3) is 4.64. The number of aliphatic imine (C=N–C) groups is 1. The number of hydrogen-bond acceptors (Lipinski definition) is 4. The van der Waals surface area contributed by atoms with E-state index in [-0.39, 0.29) is 0 Å². The van der Waals surface area contributed by atoms with Crippen LogP contribution >= 0.6 is 0 Å². The van der Waals surface area contributed by atoms with Crippen LogP contribution in [-0.4, -0.2) is 49.2 Å². The van der Waals surface area contributed by atoms with E-state index < -0.39 is 0 Å².